The first-order chi connectivity index (χ1) is 30.7. The van der Waals surface area contributed by atoms with Crippen LogP contribution in [-0.4, -0.2) is 20.6 Å². The molecule has 62 heavy (non-hydrogen) atoms. The van der Waals surface area contributed by atoms with Crippen LogP contribution in [0.1, 0.15) is 24.0 Å². The van der Waals surface area contributed by atoms with Gasteiger partial charge in [-0.3, -0.25) is 0 Å². The van der Waals surface area contributed by atoms with E-state index in [1.165, 1.54) is 71.7 Å². The topological polar surface area (TPSA) is 42.7 Å². The van der Waals surface area contributed by atoms with Crippen molar-refractivity contribution in [3.8, 4) is 50.7 Å². The number of aromatic nitrogens is 3. The van der Waals surface area contributed by atoms with Crippen molar-refractivity contribution in [3.05, 3.63) is 223 Å². The van der Waals surface area contributed by atoms with Crippen molar-refractivity contribution < 1.29 is 0 Å². The highest BCUT2D eigenvalue weighted by molar-refractivity contribution is 6.10. The number of para-hydroxylation sites is 1. The summed E-state index contributed by atoms with van der Waals surface area (Å²) in [5, 5.41) is 9.02. The van der Waals surface area contributed by atoms with Crippen LogP contribution >= 0.6 is 0 Å². The van der Waals surface area contributed by atoms with Crippen LogP contribution in [0.4, 0.5) is 5.69 Å². The molecule has 12 rings (SSSR count). The van der Waals surface area contributed by atoms with E-state index >= 15 is 0 Å². The van der Waals surface area contributed by atoms with Gasteiger partial charge in [-0.2, -0.15) is 0 Å². The van der Waals surface area contributed by atoms with Crippen LogP contribution in [-0.2, 0) is 6.42 Å². The van der Waals surface area contributed by atoms with Gasteiger partial charge in [-0.15, -0.1) is 0 Å². The zero-order valence-corrected chi connectivity index (χ0v) is 34.2. The summed E-state index contributed by atoms with van der Waals surface area (Å²) in [6, 6.07) is 70.0. The van der Waals surface area contributed by atoms with Gasteiger partial charge in [0.2, 0.25) is 0 Å². The Morgan fingerprint density at radius 2 is 1.18 bits per heavy atom. The summed E-state index contributed by atoms with van der Waals surface area (Å²) in [7, 11) is 0. The van der Waals surface area contributed by atoms with Crippen molar-refractivity contribution >= 4 is 43.8 Å². The number of nitrogens with zero attached hydrogens (tertiary/aromatic N) is 3. The maximum absolute atomic E-state index is 5.10. The predicted octanol–water partition coefficient (Wildman–Crippen LogP) is 14.5. The Bertz CT molecular complexity index is 3340. The molecule has 294 valence electrons. The van der Waals surface area contributed by atoms with Crippen LogP contribution in [0.3, 0.4) is 0 Å². The molecule has 0 fully saturated rings. The van der Waals surface area contributed by atoms with Crippen LogP contribution in [0.25, 0.3) is 88.9 Å². The molecule has 4 nitrogen and oxygen atoms in total. The lowest BCUT2D eigenvalue weighted by atomic mass is 9.81. The van der Waals surface area contributed by atoms with Gasteiger partial charge in [0, 0.05) is 44.4 Å². The monoisotopic (exact) mass is 794 g/mol. The minimum Gasteiger partial charge on any atom is -0.377 e. The molecule has 1 N–H and O–H groups in total. The Hall–Kier alpha value is -7.82. The third kappa shape index (κ3) is 6.40. The maximum atomic E-state index is 5.10. The molecule has 0 spiro atoms. The van der Waals surface area contributed by atoms with E-state index in [-0.39, 0.29) is 6.04 Å². The molecule has 0 saturated heterocycles. The highest BCUT2D eigenvalue weighted by atomic mass is 15.0. The fourth-order valence-corrected chi connectivity index (χ4v) is 9.70. The number of rotatable bonds is 7. The normalized spacial score (nSPS) is 14.5. The quantitative estimate of drug-likeness (QED) is 0.175. The van der Waals surface area contributed by atoms with E-state index in [1.54, 1.807) is 0 Å². The molecule has 0 saturated carbocycles. The maximum Gasteiger partial charge on any atom is 0.160 e. The van der Waals surface area contributed by atoms with Crippen LogP contribution in [0, 0.1) is 0 Å². The lowest BCUT2D eigenvalue weighted by molar-refractivity contribution is 0.811. The molecular formula is C58H42N4. The molecule has 1 atom stereocenters. The molecule has 3 heterocycles. The average Bonchev–Trinajstić information content (AvgIpc) is 3.68. The number of nitrogens with one attached hydrogen (secondary N) is 1. The number of benzene rings is 8. The fourth-order valence-electron chi connectivity index (χ4n) is 9.70. The molecule has 0 amide bonds. The molecular weight excluding hydrogens is 753 g/mol. The fraction of sp³-hybridized carbons (Fsp3) is 0.0690. The Labute approximate surface area is 361 Å². The molecule has 2 aliphatic rings. The second-order valence-electron chi connectivity index (χ2n) is 16.5. The SMILES string of the molecule is C1=CC2=C(CC1)c1cc(-c3ccc4c5ccccc5n(-c5ccc(-c6nc(-c7ccccc7)cc(-c7ccccc7)n6)cc5)c4c3)ccc1NC2Cc1ccc2ccccc2c1. The third-order valence-electron chi connectivity index (χ3n) is 12.8. The third-order valence-corrected chi connectivity index (χ3v) is 12.8. The van der Waals surface area contributed by atoms with Crippen molar-refractivity contribution in [2.24, 2.45) is 0 Å². The van der Waals surface area contributed by atoms with Crippen LogP contribution in [0.15, 0.2) is 212 Å². The highest BCUT2D eigenvalue weighted by Gasteiger charge is 2.27. The zero-order valence-electron chi connectivity index (χ0n) is 34.2. The Morgan fingerprint density at radius 1 is 0.516 bits per heavy atom. The standard InChI is InChI=1S/C58H42N4/c1-3-14-40(15-4-1)53-37-54(41-16-5-2-6-17-41)61-58(60-53)42-25-29-46(30-26-42)62-56-22-12-11-21-49(56)50-31-27-45(36-57(50)62)44-28-32-52-51(35-44)47-19-9-10-20-48(47)55(59-52)34-38-23-24-39-13-7-8-18-43(39)33-38/h1-8,10-18,20-33,35-37,55,59H,9,19,34H2. The van der Waals surface area contributed by atoms with Crippen molar-refractivity contribution in [1.82, 2.24) is 14.5 Å². The molecule has 8 aromatic carbocycles. The van der Waals surface area contributed by atoms with Gasteiger partial charge in [0.25, 0.3) is 0 Å². The van der Waals surface area contributed by atoms with E-state index in [4.69, 9.17) is 9.97 Å². The van der Waals surface area contributed by atoms with Crippen molar-refractivity contribution in [1.29, 1.82) is 0 Å². The Balaban J connectivity index is 0.912. The molecule has 1 aliphatic carbocycles. The van der Waals surface area contributed by atoms with Crippen LogP contribution in [0.2, 0.25) is 0 Å². The molecule has 4 heteroatoms. The summed E-state index contributed by atoms with van der Waals surface area (Å²) in [4.78, 5) is 10.2. The first kappa shape index (κ1) is 36.1. The number of hydrogen-bond acceptors (Lipinski definition) is 3. The summed E-state index contributed by atoms with van der Waals surface area (Å²) < 4.78 is 2.40. The van der Waals surface area contributed by atoms with Crippen molar-refractivity contribution in [2.45, 2.75) is 25.3 Å². The van der Waals surface area contributed by atoms with Gasteiger partial charge in [0.15, 0.2) is 5.82 Å². The summed E-state index contributed by atoms with van der Waals surface area (Å²) in [5.74, 6) is 0.704. The molecule has 1 unspecified atom stereocenters. The lowest BCUT2D eigenvalue weighted by Gasteiger charge is -2.33. The van der Waals surface area contributed by atoms with Gasteiger partial charge >= 0.3 is 0 Å². The van der Waals surface area contributed by atoms with Gasteiger partial charge in [0.1, 0.15) is 0 Å². The molecule has 0 radical (unpaired) electrons. The minimum atomic E-state index is 0.227. The number of hydrogen-bond donors (Lipinski definition) is 1. The summed E-state index contributed by atoms with van der Waals surface area (Å²) in [6.45, 7) is 0. The van der Waals surface area contributed by atoms with Crippen molar-refractivity contribution in [3.63, 3.8) is 0 Å². The van der Waals surface area contributed by atoms with E-state index in [9.17, 15) is 0 Å². The van der Waals surface area contributed by atoms with Gasteiger partial charge in [-0.1, -0.05) is 152 Å². The minimum absolute atomic E-state index is 0.227. The van der Waals surface area contributed by atoms with Crippen LogP contribution < -0.4 is 5.32 Å². The molecule has 0 bridgehead atoms. The smallest absolute Gasteiger partial charge is 0.160 e. The molecule has 2 aromatic heterocycles. The van der Waals surface area contributed by atoms with Gasteiger partial charge < -0.3 is 9.88 Å². The van der Waals surface area contributed by atoms with Crippen LogP contribution in [0.5, 0.6) is 0 Å². The van der Waals surface area contributed by atoms with Gasteiger partial charge in [0.05, 0.1) is 28.5 Å². The molecule has 10 aromatic rings. The summed E-state index contributed by atoms with van der Waals surface area (Å²) >= 11 is 0. The number of anilines is 1. The highest BCUT2D eigenvalue weighted by Crippen LogP contribution is 2.43. The van der Waals surface area contributed by atoms with E-state index in [0.717, 1.165) is 53.0 Å². The molecule has 1 aliphatic heterocycles. The van der Waals surface area contributed by atoms with E-state index in [2.05, 4.69) is 204 Å². The number of fused-ring (bicyclic) bond motifs is 6. The van der Waals surface area contributed by atoms with Crippen molar-refractivity contribution in [2.75, 3.05) is 5.32 Å². The second kappa shape index (κ2) is 15.0. The summed E-state index contributed by atoms with van der Waals surface area (Å²) in [5.41, 5.74) is 17.6. The Morgan fingerprint density at radius 3 is 1.97 bits per heavy atom. The van der Waals surface area contributed by atoms with Gasteiger partial charge in [-0.05, 0) is 112 Å². The second-order valence-corrected chi connectivity index (χ2v) is 16.5. The largest absolute Gasteiger partial charge is 0.377 e. The van der Waals surface area contributed by atoms with E-state index in [0.29, 0.717) is 5.82 Å². The first-order valence-electron chi connectivity index (χ1n) is 21.6. The first-order valence-corrected chi connectivity index (χ1v) is 21.6. The zero-order chi connectivity index (χ0) is 41.0. The summed E-state index contributed by atoms with van der Waals surface area (Å²) in [6.07, 6.45) is 7.78. The van der Waals surface area contributed by atoms with E-state index < -0.39 is 0 Å². The Kier molecular flexibility index (Phi) is 8.74. The lowest BCUT2D eigenvalue weighted by Crippen LogP contribution is -2.29. The van der Waals surface area contributed by atoms with Gasteiger partial charge in [-0.25, -0.2) is 9.97 Å². The number of allylic oxidation sites excluding steroid dienone is 2. The van der Waals surface area contributed by atoms with E-state index in [1.807, 2.05) is 12.1 Å². The average molecular weight is 795 g/mol. The predicted molar refractivity (Wildman–Crippen MR) is 258 cm³/mol.